The van der Waals surface area contributed by atoms with Gasteiger partial charge in [-0.1, -0.05) is 24.3 Å². The maximum Gasteiger partial charge on any atom is 0.151 e. The van der Waals surface area contributed by atoms with Gasteiger partial charge in [0.25, 0.3) is 0 Å². The summed E-state index contributed by atoms with van der Waals surface area (Å²) in [5.74, 6) is -0.0169. The van der Waals surface area contributed by atoms with Crippen LogP contribution in [0.1, 0.15) is 17.5 Å². The van der Waals surface area contributed by atoms with E-state index in [1.807, 2.05) is 37.3 Å². The smallest absolute Gasteiger partial charge is 0.151 e. The molecule has 0 aromatic heterocycles. The van der Waals surface area contributed by atoms with Crippen LogP contribution in [-0.4, -0.2) is 5.78 Å². The summed E-state index contributed by atoms with van der Waals surface area (Å²) in [5, 5.41) is 8.31. The van der Waals surface area contributed by atoms with Crippen LogP contribution in [0.15, 0.2) is 24.3 Å². The minimum atomic E-state index is -0.0169. The number of benzene rings is 1. The number of hydrogen-bond donors (Lipinski definition) is 0. The third-order valence-corrected chi connectivity index (χ3v) is 1.93. The Kier molecular flexibility index (Phi) is 3.22. The van der Waals surface area contributed by atoms with Crippen LogP contribution in [-0.2, 0) is 11.2 Å². The first-order valence-corrected chi connectivity index (χ1v) is 4.17. The van der Waals surface area contributed by atoms with Gasteiger partial charge < -0.3 is 0 Å². The quantitative estimate of drug-likeness (QED) is 0.701. The van der Waals surface area contributed by atoms with Crippen LogP contribution in [0, 0.1) is 18.3 Å². The lowest BCUT2D eigenvalue weighted by Gasteiger charge is -2.01. The monoisotopic (exact) mass is 173 g/mol. The van der Waals surface area contributed by atoms with Crippen molar-refractivity contribution in [3.05, 3.63) is 35.4 Å². The van der Waals surface area contributed by atoms with Gasteiger partial charge in [0, 0.05) is 6.42 Å². The fourth-order valence-corrected chi connectivity index (χ4v) is 1.17. The maximum atomic E-state index is 11.1. The molecule has 13 heavy (non-hydrogen) atoms. The number of carbonyl (C=O) groups excluding carboxylic acids is 1. The van der Waals surface area contributed by atoms with Gasteiger partial charge in [-0.3, -0.25) is 4.79 Å². The van der Waals surface area contributed by atoms with Crippen molar-refractivity contribution in [1.82, 2.24) is 0 Å². The van der Waals surface area contributed by atoms with Gasteiger partial charge >= 0.3 is 0 Å². The number of hydrogen-bond acceptors (Lipinski definition) is 2. The highest BCUT2D eigenvalue weighted by Crippen LogP contribution is 2.08. The van der Waals surface area contributed by atoms with E-state index >= 15 is 0 Å². The fraction of sp³-hybridized carbons (Fsp3) is 0.273. The van der Waals surface area contributed by atoms with Crippen LogP contribution in [0.4, 0.5) is 0 Å². The molecular weight excluding hydrogens is 162 g/mol. The SMILES string of the molecule is Cc1ccccc1CC(=O)CC#N. The predicted octanol–water partition coefficient (Wildman–Crippen LogP) is 2.02. The van der Waals surface area contributed by atoms with Crippen LogP contribution >= 0.6 is 0 Å². The van der Waals surface area contributed by atoms with Gasteiger partial charge in [-0.15, -0.1) is 0 Å². The molecule has 0 saturated carbocycles. The number of Topliss-reactive ketones (excluding diaryl/α,β-unsaturated/α-hetero) is 1. The van der Waals surface area contributed by atoms with E-state index in [2.05, 4.69) is 0 Å². The molecule has 1 rings (SSSR count). The summed E-state index contributed by atoms with van der Waals surface area (Å²) in [7, 11) is 0. The lowest BCUT2D eigenvalue weighted by atomic mass is 10.0. The highest BCUT2D eigenvalue weighted by atomic mass is 16.1. The molecule has 0 aliphatic heterocycles. The standard InChI is InChI=1S/C11H11NO/c1-9-4-2-3-5-10(9)8-11(13)6-7-12/h2-5H,6,8H2,1H3. The summed E-state index contributed by atoms with van der Waals surface area (Å²) < 4.78 is 0. The molecule has 0 aliphatic carbocycles. The Morgan fingerprint density at radius 1 is 1.46 bits per heavy atom. The molecule has 0 atom stereocenters. The predicted molar refractivity (Wildman–Crippen MR) is 50.1 cm³/mol. The molecule has 0 bridgehead atoms. The van der Waals surface area contributed by atoms with Crippen molar-refractivity contribution in [1.29, 1.82) is 5.26 Å². The molecule has 0 fully saturated rings. The van der Waals surface area contributed by atoms with Gasteiger partial charge in [-0.05, 0) is 18.1 Å². The third-order valence-electron chi connectivity index (χ3n) is 1.93. The maximum absolute atomic E-state index is 11.1. The second-order valence-corrected chi connectivity index (χ2v) is 2.98. The summed E-state index contributed by atoms with van der Waals surface area (Å²) in [6.45, 7) is 1.97. The van der Waals surface area contributed by atoms with Gasteiger partial charge in [0.05, 0.1) is 12.5 Å². The summed E-state index contributed by atoms with van der Waals surface area (Å²) in [4.78, 5) is 11.1. The van der Waals surface area contributed by atoms with Crippen LogP contribution in [0.3, 0.4) is 0 Å². The molecule has 0 aliphatic rings. The first-order valence-electron chi connectivity index (χ1n) is 4.17. The zero-order valence-electron chi connectivity index (χ0n) is 7.58. The number of carbonyl (C=O) groups is 1. The van der Waals surface area contributed by atoms with Crippen molar-refractivity contribution in [2.45, 2.75) is 19.8 Å². The van der Waals surface area contributed by atoms with Crippen LogP contribution in [0.5, 0.6) is 0 Å². The molecule has 0 amide bonds. The normalized spacial score (nSPS) is 9.23. The van der Waals surface area contributed by atoms with E-state index in [0.29, 0.717) is 6.42 Å². The first kappa shape index (κ1) is 9.47. The van der Waals surface area contributed by atoms with Crippen molar-refractivity contribution in [3.8, 4) is 6.07 Å². The summed E-state index contributed by atoms with van der Waals surface area (Å²) in [6, 6.07) is 9.59. The Morgan fingerprint density at radius 3 is 2.77 bits per heavy atom. The Balaban J connectivity index is 2.70. The molecule has 1 aromatic carbocycles. The minimum absolute atomic E-state index is 0.00827. The van der Waals surface area contributed by atoms with E-state index in [4.69, 9.17) is 5.26 Å². The van der Waals surface area contributed by atoms with Crippen LogP contribution in [0.25, 0.3) is 0 Å². The average Bonchev–Trinajstić information content (AvgIpc) is 2.09. The number of aryl methyl sites for hydroxylation is 1. The van der Waals surface area contributed by atoms with E-state index in [9.17, 15) is 4.79 Å². The highest BCUT2D eigenvalue weighted by molar-refractivity contribution is 5.82. The van der Waals surface area contributed by atoms with Crippen molar-refractivity contribution >= 4 is 5.78 Å². The molecule has 2 nitrogen and oxygen atoms in total. The highest BCUT2D eigenvalue weighted by Gasteiger charge is 2.04. The average molecular weight is 173 g/mol. The molecule has 0 saturated heterocycles. The number of nitriles is 1. The molecule has 66 valence electrons. The van der Waals surface area contributed by atoms with E-state index in [1.165, 1.54) is 0 Å². The Labute approximate surface area is 77.8 Å². The first-order chi connectivity index (χ1) is 6.24. The number of rotatable bonds is 3. The van der Waals surface area contributed by atoms with E-state index in [0.717, 1.165) is 11.1 Å². The molecule has 0 spiro atoms. The van der Waals surface area contributed by atoms with E-state index in [1.54, 1.807) is 0 Å². The summed E-state index contributed by atoms with van der Waals surface area (Å²) >= 11 is 0. The molecule has 2 heteroatoms. The zero-order valence-corrected chi connectivity index (χ0v) is 7.58. The van der Waals surface area contributed by atoms with Crippen molar-refractivity contribution in [2.24, 2.45) is 0 Å². The van der Waals surface area contributed by atoms with Crippen molar-refractivity contribution in [2.75, 3.05) is 0 Å². The lowest BCUT2D eigenvalue weighted by Crippen LogP contribution is -2.02. The topological polar surface area (TPSA) is 40.9 Å². The van der Waals surface area contributed by atoms with E-state index < -0.39 is 0 Å². The summed E-state index contributed by atoms with van der Waals surface area (Å²) in [6.07, 6.45) is 0.383. The van der Waals surface area contributed by atoms with Gasteiger partial charge in [0.15, 0.2) is 5.78 Å². The number of ketones is 1. The molecule has 0 radical (unpaired) electrons. The molecule has 0 heterocycles. The molecule has 0 N–H and O–H groups in total. The summed E-state index contributed by atoms with van der Waals surface area (Å²) in [5.41, 5.74) is 2.12. The Hall–Kier alpha value is -1.62. The third kappa shape index (κ3) is 2.72. The Morgan fingerprint density at radius 2 is 2.15 bits per heavy atom. The van der Waals surface area contributed by atoms with Crippen molar-refractivity contribution < 1.29 is 4.79 Å². The largest absolute Gasteiger partial charge is 0.298 e. The van der Waals surface area contributed by atoms with Gasteiger partial charge in [0.2, 0.25) is 0 Å². The second-order valence-electron chi connectivity index (χ2n) is 2.98. The van der Waals surface area contributed by atoms with Crippen LogP contribution < -0.4 is 0 Å². The van der Waals surface area contributed by atoms with Gasteiger partial charge in [0.1, 0.15) is 0 Å². The molecular formula is C11H11NO. The Bertz CT molecular complexity index is 349. The second kappa shape index (κ2) is 4.42. The van der Waals surface area contributed by atoms with Crippen LogP contribution in [0.2, 0.25) is 0 Å². The number of nitrogens with zero attached hydrogens (tertiary/aromatic N) is 1. The van der Waals surface area contributed by atoms with Gasteiger partial charge in [-0.25, -0.2) is 0 Å². The van der Waals surface area contributed by atoms with Gasteiger partial charge in [-0.2, -0.15) is 5.26 Å². The minimum Gasteiger partial charge on any atom is -0.298 e. The zero-order chi connectivity index (χ0) is 9.68. The molecule has 0 unspecified atom stereocenters. The lowest BCUT2D eigenvalue weighted by molar-refractivity contribution is -0.117. The molecule has 1 aromatic rings. The fourth-order valence-electron chi connectivity index (χ4n) is 1.17. The van der Waals surface area contributed by atoms with E-state index in [-0.39, 0.29) is 12.2 Å². The van der Waals surface area contributed by atoms with Crippen molar-refractivity contribution in [3.63, 3.8) is 0 Å².